The minimum absolute atomic E-state index is 0.147. The Labute approximate surface area is 108 Å². The van der Waals surface area contributed by atoms with Gasteiger partial charge in [-0.3, -0.25) is 0 Å². The highest BCUT2D eigenvalue weighted by Gasteiger charge is 2.17. The number of nitrogens with zero attached hydrogens (tertiary/aromatic N) is 1. The maximum atomic E-state index is 11.1. The highest BCUT2D eigenvalue weighted by Crippen LogP contribution is 2.27. The van der Waals surface area contributed by atoms with Crippen LogP contribution in [0.25, 0.3) is 11.3 Å². The van der Waals surface area contributed by atoms with E-state index in [1.54, 1.807) is 19.9 Å². The molecule has 0 bridgehead atoms. The lowest BCUT2D eigenvalue weighted by Crippen LogP contribution is -2.01. The molecule has 0 aliphatic carbocycles. The summed E-state index contributed by atoms with van der Waals surface area (Å²) in [5.74, 6) is -2.01. The molecule has 1 aromatic heterocycles. The number of benzene rings is 1. The fourth-order valence-electron chi connectivity index (χ4n) is 1.85. The van der Waals surface area contributed by atoms with Crippen LogP contribution in [-0.4, -0.2) is 27.3 Å². The molecule has 0 atom stereocenters. The maximum absolute atomic E-state index is 11.1. The zero-order valence-corrected chi connectivity index (χ0v) is 10.3. The minimum atomic E-state index is -1.20. The number of carboxylic acid groups (broad SMARTS) is 2. The molecule has 0 aliphatic rings. The zero-order valence-electron chi connectivity index (χ0n) is 10.3. The van der Waals surface area contributed by atoms with Crippen molar-refractivity contribution in [3.05, 3.63) is 40.6 Å². The Balaban J connectivity index is 2.57. The van der Waals surface area contributed by atoms with Gasteiger partial charge in [0.15, 0.2) is 11.5 Å². The van der Waals surface area contributed by atoms with Crippen LogP contribution in [0.3, 0.4) is 0 Å². The molecule has 0 aliphatic heterocycles. The highest BCUT2D eigenvalue weighted by molar-refractivity contribution is 5.92. The Hall–Kier alpha value is -2.63. The molecule has 2 aromatic rings. The first kappa shape index (κ1) is 12.8. The Morgan fingerprint density at radius 2 is 1.74 bits per heavy atom. The van der Waals surface area contributed by atoms with E-state index in [0.717, 1.165) is 5.56 Å². The van der Waals surface area contributed by atoms with Gasteiger partial charge < -0.3 is 14.7 Å². The summed E-state index contributed by atoms with van der Waals surface area (Å²) in [6.07, 6.45) is 0. The lowest BCUT2D eigenvalue weighted by Gasteiger charge is -2.07. The Kier molecular flexibility index (Phi) is 3.08. The van der Waals surface area contributed by atoms with Crippen LogP contribution < -0.4 is 0 Å². The SMILES string of the molecule is Cc1cc(C)c(-c2cc(C(=O)O)no2)cc1C(=O)O. The third-order valence-electron chi connectivity index (χ3n) is 2.80. The van der Waals surface area contributed by atoms with Crippen LogP contribution in [0.1, 0.15) is 32.0 Å². The van der Waals surface area contributed by atoms with Gasteiger partial charge in [0.05, 0.1) is 5.56 Å². The number of rotatable bonds is 3. The van der Waals surface area contributed by atoms with Gasteiger partial charge in [-0.05, 0) is 31.0 Å². The molecule has 0 saturated carbocycles. The van der Waals surface area contributed by atoms with Crippen molar-refractivity contribution in [1.29, 1.82) is 0 Å². The molecular formula is C13H11NO5. The van der Waals surface area contributed by atoms with Gasteiger partial charge in [0.2, 0.25) is 0 Å². The first-order valence-electron chi connectivity index (χ1n) is 5.45. The Morgan fingerprint density at radius 3 is 2.26 bits per heavy atom. The molecule has 19 heavy (non-hydrogen) atoms. The third-order valence-corrected chi connectivity index (χ3v) is 2.80. The van der Waals surface area contributed by atoms with Crippen LogP contribution in [0.5, 0.6) is 0 Å². The number of aromatic carboxylic acids is 2. The lowest BCUT2D eigenvalue weighted by molar-refractivity contribution is 0.0679. The van der Waals surface area contributed by atoms with E-state index in [1.807, 2.05) is 0 Å². The summed E-state index contributed by atoms with van der Waals surface area (Å²) in [4.78, 5) is 21.8. The van der Waals surface area contributed by atoms with Crippen molar-refractivity contribution in [2.75, 3.05) is 0 Å². The summed E-state index contributed by atoms with van der Waals surface area (Å²) in [6, 6.07) is 4.44. The molecular weight excluding hydrogens is 250 g/mol. The third kappa shape index (κ3) is 2.33. The Morgan fingerprint density at radius 1 is 1.05 bits per heavy atom. The molecule has 1 aromatic carbocycles. The number of carbonyl (C=O) groups is 2. The average Bonchev–Trinajstić information content (AvgIpc) is 2.77. The van der Waals surface area contributed by atoms with Crippen molar-refractivity contribution < 1.29 is 24.3 Å². The largest absolute Gasteiger partial charge is 0.478 e. The summed E-state index contributed by atoms with van der Waals surface area (Å²) < 4.78 is 4.94. The molecule has 6 heteroatoms. The number of aromatic nitrogens is 1. The second-order valence-electron chi connectivity index (χ2n) is 4.17. The topological polar surface area (TPSA) is 101 Å². The van der Waals surface area contributed by atoms with E-state index in [4.69, 9.17) is 14.7 Å². The standard InChI is InChI=1S/C13H11NO5/c1-6-3-7(2)9(12(15)16)4-8(6)11-5-10(13(17)18)14-19-11/h3-5H,1-2H3,(H,15,16)(H,17,18). The van der Waals surface area contributed by atoms with Crippen LogP contribution in [0.15, 0.2) is 22.7 Å². The summed E-state index contributed by atoms with van der Waals surface area (Å²) in [7, 11) is 0. The molecule has 0 spiro atoms. The first-order chi connectivity index (χ1) is 8.90. The Bertz CT molecular complexity index is 672. The summed E-state index contributed by atoms with van der Waals surface area (Å²) in [5.41, 5.74) is 1.87. The van der Waals surface area contributed by atoms with Gasteiger partial charge in [0.25, 0.3) is 0 Å². The number of hydrogen-bond acceptors (Lipinski definition) is 4. The van der Waals surface area contributed by atoms with E-state index >= 15 is 0 Å². The van der Waals surface area contributed by atoms with Gasteiger partial charge in [0.1, 0.15) is 0 Å². The highest BCUT2D eigenvalue weighted by atomic mass is 16.5. The molecule has 0 radical (unpaired) electrons. The van der Waals surface area contributed by atoms with Crippen molar-refractivity contribution in [1.82, 2.24) is 5.16 Å². The second-order valence-corrected chi connectivity index (χ2v) is 4.17. The van der Waals surface area contributed by atoms with Crippen LogP contribution in [0.2, 0.25) is 0 Å². The molecule has 0 saturated heterocycles. The van der Waals surface area contributed by atoms with Crippen LogP contribution in [0, 0.1) is 13.8 Å². The molecule has 0 unspecified atom stereocenters. The van der Waals surface area contributed by atoms with Crippen molar-refractivity contribution >= 4 is 11.9 Å². The predicted octanol–water partition coefficient (Wildman–Crippen LogP) is 2.35. The monoisotopic (exact) mass is 261 g/mol. The van der Waals surface area contributed by atoms with Gasteiger partial charge in [-0.2, -0.15) is 0 Å². The van der Waals surface area contributed by atoms with Crippen molar-refractivity contribution in [2.24, 2.45) is 0 Å². The summed E-state index contributed by atoms with van der Waals surface area (Å²) in [5, 5.41) is 21.3. The van der Waals surface area contributed by atoms with Crippen molar-refractivity contribution in [2.45, 2.75) is 13.8 Å². The van der Waals surface area contributed by atoms with Crippen LogP contribution >= 0.6 is 0 Å². The van der Waals surface area contributed by atoms with E-state index in [1.165, 1.54) is 12.1 Å². The lowest BCUT2D eigenvalue weighted by atomic mass is 9.98. The fourth-order valence-corrected chi connectivity index (χ4v) is 1.85. The quantitative estimate of drug-likeness (QED) is 0.879. The van der Waals surface area contributed by atoms with Crippen molar-refractivity contribution in [3.8, 4) is 11.3 Å². The summed E-state index contributed by atoms with van der Waals surface area (Å²) >= 11 is 0. The second kappa shape index (κ2) is 4.56. The summed E-state index contributed by atoms with van der Waals surface area (Å²) in [6.45, 7) is 3.49. The molecule has 6 nitrogen and oxygen atoms in total. The van der Waals surface area contributed by atoms with Gasteiger partial charge in [-0.1, -0.05) is 11.2 Å². The first-order valence-corrected chi connectivity index (χ1v) is 5.45. The normalized spacial score (nSPS) is 10.4. The smallest absolute Gasteiger partial charge is 0.358 e. The van der Waals surface area contributed by atoms with Gasteiger partial charge >= 0.3 is 11.9 Å². The van der Waals surface area contributed by atoms with Crippen molar-refractivity contribution in [3.63, 3.8) is 0 Å². The van der Waals surface area contributed by atoms with E-state index in [-0.39, 0.29) is 17.0 Å². The van der Waals surface area contributed by atoms with Gasteiger partial charge in [-0.15, -0.1) is 0 Å². The molecule has 0 fully saturated rings. The molecule has 2 rings (SSSR count). The maximum Gasteiger partial charge on any atom is 0.358 e. The van der Waals surface area contributed by atoms with E-state index in [0.29, 0.717) is 11.1 Å². The number of hydrogen-bond donors (Lipinski definition) is 2. The molecule has 0 amide bonds. The molecule has 2 N–H and O–H groups in total. The number of carboxylic acids is 2. The zero-order chi connectivity index (χ0) is 14.2. The van der Waals surface area contributed by atoms with E-state index in [2.05, 4.69) is 5.16 Å². The molecule has 98 valence electrons. The number of aryl methyl sites for hydroxylation is 2. The predicted molar refractivity (Wildman–Crippen MR) is 65.3 cm³/mol. The fraction of sp³-hybridized carbons (Fsp3) is 0.154. The minimum Gasteiger partial charge on any atom is -0.478 e. The van der Waals surface area contributed by atoms with Gasteiger partial charge in [0, 0.05) is 11.6 Å². The van der Waals surface area contributed by atoms with Gasteiger partial charge in [-0.25, -0.2) is 9.59 Å². The van der Waals surface area contributed by atoms with E-state index in [9.17, 15) is 9.59 Å². The van der Waals surface area contributed by atoms with E-state index < -0.39 is 11.9 Å². The average molecular weight is 261 g/mol. The van der Waals surface area contributed by atoms with Crippen LogP contribution in [0.4, 0.5) is 0 Å². The molecule has 1 heterocycles. The van der Waals surface area contributed by atoms with Crippen LogP contribution in [-0.2, 0) is 0 Å².